The van der Waals surface area contributed by atoms with Gasteiger partial charge in [0, 0.05) is 42.5 Å². The Morgan fingerprint density at radius 2 is 1.92 bits per heavy atom. The SMILES string of the molecule is COc1cccc(Cn2ccc3c(C4C(=O)SC(=O)N4C)cccc32)c1. The molecular weight excluding hydrogens is 348 g/mol. The lowest BCUT2D eigenvalue weighted by Crippen LogP contribution is -2.23. The molecule has 2 aromatic carbocycles. The van der Waals surface area contributed by atoms with Gasteiger partial charge in [-0.25, -0.2) is 0 Å². The number of fused-ring (bicyclic) bond motifs is 1. The second-order valence-electron chi connectivity index (χ2n) is 6.28. The van der Waals surface area contributed by atoms with Crippen molar-refractivity contribution in [3.63, 3.8) is 0 Å². The maximum Gasteiger partial charge on any atom is 0.289 e. The van der Waals surface area contributed by atoms with E-state index in [9.17, 15) is 9.59 Å². The number of nitrogens with zero attached hydrogens (tertiary/aromatic N) is 2. The van der Waals surface area contributed by atoms with E-state index in [2.05, 4.69) is 10.6 Å². The molecular formula is C20H18N2O3S. The van der Waals surface area contributed by atoms with Crippen molar-refractivity contribution in [2.45, 2.75) is 12.6 Å². The molecule has 1 atom stereocenters. The van der Waals surface area contributed by atoms with Crippen molar-refractivity contribution in [3.05, 3.63) is 65.9 Å². The third kappa shape index (κ3) is 2.76. The first-order chi connectivity index (χ1) is 12.6. The Balaban J connectivity index is 1.73. The average Bonchev–Trinajstić information content (AvgIpc) is 3.16. The summed E-state index contributed by atoms with van der Waals surface area (Å²) in [5.41, 5.74) is 3.04. The number of amides is 1. The molecule has 132 valence electrons. The smallest absolute Gasteiger partial charge is 0.289 e. The van der Waals surface area contributed by atoms with Gasteiger partial charge < -0.3 is 14.2 Å². The van der Waals surface area contributed by atoms with Gasteiger partial charge in [-0.05, 0) is 35.4 Å². The van der Waals surface area contributed by atoms with Crippen molar-refractivity contribution >= 4 is 33.0 Å². The lowest BCUT2D eigenvalue weighted by atomic mass is 10.0. The van der Waals surface area contributed by atoms with Crippen molar-refractivity contribution in [2.75, 3.05) is 14.2 Å². The molecule has 1 amide bonds. The molecule has 0 aliphatic carbocycles. The zero-order valence-electron chi connectivity index (χ0n) is 14.5. The van der Waals surface area contributed by atoms with Crippen molar-refractivity contribution in [1.29, 1.82) is 0 Å². The maximum absolute atomic E-state index is 12.3. The number of hydrogen-bond donors (Lipinski definition) is 0. The molecule has 2 heterocycles. The summed E-state index contributed by atoms with van der Waals surface area (Å²) in [5, 5.41) is 0.675. The molecule has 0 radical (unpaired) electrons. The van der Waals surface area contributed by atoms with Gasteiger partial charge in [0.05, 0.1) is 7.11 Å². The van der Waals surface area contributed by atoms with Crippen molar-refractivity contribution in [2.24, 2.45) is 0 Å². The fraction of sp³-hybridized carbons (Fsp3) is 0.200. The van der Waals surface area contributed by atoms with Gasteiger partial charge in [0.25, 0.3) is 5.24 Å². The maximum atomic E-state index is 12.3. The number of ether oxygens (including phenoxy) is 1. The predicted octanol–water partition coefficient (Wildman–Crippen LogP) is 4.06. The monoisotopic (exact) mass is 366 g/mol. The van der Waals surface area contributed by atoms with Gasteiger partial charge in [0.1, 0.15) is 11.8 Å². The van der Waals surface area contributed by atoms with Gasteiger partial charge in [0.2, 0.25) is 5.12 Å². The van der Waals surface area contributed by atoms with Crippen LogP contribution in [0.1, 0.15) is 17.2 Å². The summed E-state index contributed by atoms with van der Waals surface area (Å²) in [5.74, 6) is 0.827. The average molecular weight is 366 g/mol. The molecule has 1 aliphatic heterocycles. The first kappa shape index (κ1) is 16.7. The molecule has 0 N–H and O–H groups in total. The number of likely N-dealkylation sites (N-methyl/N-ethyl adjacent to an activating group) is 1. The highest BCUT2D eigenvalue weighted by molar-refractivity contribution is 8.26. The quantitative estimate of drug-likeness (QED) is 0.699. The van der Waals surface area contributed by atoms with Crippen molar-refractivity contribution in [3.8, 4) is 5.75 Å². The number of methoxy groups -OCH3 is 1. The molecule has 1 aliphatic rings. The lowest BCUT2D eigenvalue weighted by Gasteiger charge is -2.18. The normalized spacial score (nSPS) is 17.3. The summed E-state index contributed by atoms with van der Waals surface area (Å²) < 4.78 is 7.44. The van der Waals surface area contributed by atoms with Crippen LogP contribution in [0.2, 0.25) is 0 Å². The second kappa shape index (κ2) is 6.53. The van der Waals surface area contributed by atoms with Crippen LogP contribution in [0, 0.1) is 0 Å². The molecule has 1 fully saturated rings. The van der Waals surface area contributed by atoms with Gasteiger partial charge in [0.15, 0.2) is 0 Å². The molecule has 0 saturated carbocycles. The number of rotatable bonds is 4. The minimum absolute atomic E-state index is 0.120. The molecule has 3 aromatic rings. The van der Waals surface area contributed by atoms with Crippen LogP contribution >= 0.6 is 11.8 Å². The van der Waals surface area contributed by atoms with Gasteiger partial charge in [-0.1, -0.05) is 24.3 Å². The summed E-state index contributed by atoms with van der Waals surface area (Å²) in [4.78, 5) is 25.7. The summed E-state index contributed by atoms with van der Waals surface area (Å²) in [6.45, 7) is 0.701. The highest BCUT2D eigenvalue weighted by Gasteiger charge is 2.39. The molecule has 1 aromatic heterocycles. The fourth-order valence-corrected chi connectivity index (χ4v) is 4.22. The zero-order chi connectivity index (χ0) is 18.3. The molecule has 1 saturated heterocycles. The number of aromatic nitrogens is 1. The molecule has 6 heteroatoms. The minimum Gasteiger partial charge on any atom is -0.497 e. The zero-order valence-corrected chi connectivity index (χ0v) is 15.3. The Morgan fingerprint density at radius 3 is 2.65 bits per heavy atom. The second-order valence-corrected chi connectivity index (χ2v) is 7.23. The van der Waals surface area contributed by atoms with E-state index in [1.807, 2.05) is 48.7 Å². The Morgan fingerprint density at radius 1 is 1.12 bits per heavy atom. The predicted molar refractivity (Wildman–Crippen MR) is 103 cm³/mol. The first-order valence-corrected chi connectivity index (χ1v) is 9.09. The lowest BCUT2D eigenvalue weighted by molar-refractivity contribution is -0.113. The van der Waals surface area contributed by atoms with Gasteiger partial charge in [-0.2, -0.15) is 0 Å². The number of benzene rings is 2. The highest BCUT2D eigenvalue weighted by atomic mass is 32.2. The van der Waals surface area contributed by atoms with Crippen LogP contribution < -0.4 is 4.74 Å². The van der Waals surface area contributed by atoms with Crippen LogP contribution in [0.5, 0.6) is 5.75 Å². The Hall–Kier alpha value is -2.73. The first-order valence-electron chi connectivity index (χ1n) is 8.27. The van der Waals surface area contributed by atoms with Crippen molar-refractivity contribution < 1.29 is 14.3 Å². The van der Waals surface area contributed by atoms with E-state index in [1.54, 1.807) is 14.2 Å². The Kier molecular flexibility index (Phi) is 4.20. The van der Waals surface area contributed by atoms with E-state index in [0.29, 0.717) is 6.54 Å². The molecule has 4 rings (SSSR count). The third-order valence-electron chi connectivity index (χ3n) is 4.72. The van der Waals surface area contributed by atoms with Crippen LogP contribution in [0.3, 0.4) is 0 Å². The molecule has 26 heavy (non-hydrogen) atoms. The van der Waals surface area contributed by atoms with E-state index < -0.39 is 6.04 Å². The molecule has 0 bridgehead atoms. The Labute approximate surface area is 155 Å². The van der Waals surface area contributed by atoms with Crippen LogP contribution in [0.4, 0.5) is 4.79 Å². The van der Waals surface area contributed by atoms with Crippen LogP contribution in [-0.4, -0.2) is 34.0 Å². The Bertz CT molecular complexity index is 1010. The fourth-order valence-electron chi connectivity index (χ4n) is 3.40. The van der Waals surface area contributed by atoms with E-state index in [-0.39, 0.29) is 10.4 Å². The van der Waals surface area contributed by atoms with E-state index in [4.69, 9.17) is 4.74 Å². The summed E-state index contributed by atoms with van der Waals surface area (Å²) in [7, 11) is 3.34. The van der Waals surface area contributed by atoms with Crippen LogP contribution in [-0.2, 0) is 11.3 Å². The molecule has 1 unspecified atom stereocenters. The van der Waals surface area contributed by atoms with E-state index in [1.165, 1.54) is 4.90 Å². The van der Waals surface area contributed by atoms with Gasteiger partial charge in [-0.3, -0.25) is 9.59 Å². The number of thioether (sulfide) groups is 1. The number of hydrogen-bond acceptors (Lipinski definition) is 4. The van der Waals surface area contributed by atoms with Crippen LogP contribution in [0.15, 0.2) is 54.7 Å². The molecule has 5 nitrogen and oxygen atoms in total. The summed E-state index contributed by atoms with van der Waals surface area (Å²) in [6, 6.07) is 15.4. The topological polar surface area (TPSA) is 51.5 Å². The highest BCUT2D eigenvalue weighted by Crippen LogP contribution is 2.38. The largest absolute Gasteiger partial charge is 0.497 e. The standard InChI is InChI=1S/C20H18N2O3S/c1-21-18(19(23)26-20(21)24)16-7-4-8-17-15(16)9-10-22(17)12-13-5-3-6-14(11-13)25-2/h3-11,18H,12H2,1-2H3. The molecule has 0 spiro atoms. The van der Waals surface area contributed by atoms with Gasteiger partial charge >= 0.3 is 0 Å². The van der Waals surface area contributed by atoms with Crippen molar-refractivity contribution in [1.82, 2.24) is 9.47 Å². The third-order valence-corrected chi connectivity index (χ3v) is 5.60. The number of carbonyl (C=O) groups excluding carboxylic acids is 2. The minimum atomic E-state index is -0.524. The van der Waals surface area contributed by atoms with E-state index in [0.717, 1.165) is 39.5 Å². The van der Waals surface area contributed by atoms with Crippen LogP contribution in [0.25, 0.3) is 10.9 Å². The van der Waals surface area contributed by atoms with Gasteiger partial charge in [-0.15, -0.1) is 0 Å². The van der Waals surface area contributed by atoms with E-state index >= 15 is 0 Å². The summed E-state index contributed by atoms with van der Waals surface area (Å²) in [6.07, 6.45) is 2.02. The summed E-state index contributed by atoms with van der Waals surface area (Å²) >= 11 is 0.781. The number of carbonyl (C=O) groups is 2.